The van der Waals surface area contributed by atoms with Crippen molar-refractivity contribution in [2.45, 2.75) is 38.2 Å². The van der Waals surface area contributed by atoms with Crippen LogP contribution in [0.5, 0.6) is 5.75 Å². The molecule has 0 unspecified atom stereocenters. The Hall–Kier alpha value is -1.24. The number of hydrogen-bond acceptors (Lipinski definition) is 1. The van der Waals surface area contributed by atoms with E-state index in [-0.39, 0.29) is 0 Å². The second kappa shape index (κ2) is 5.01. The molecule has 80 valence electrons. The van der Waals surface area contributed by atoms with Gasteiger partial charge in [-0.1, -0.05) is 37.3 Å². The Morgan fingerprint density at radius 2 is 1.87 bits per heavy atom. The third-order valence-corrected chi connectivity index (χ3v) is 2.98. The van der Waals surface area contributed by atoms with Crippen LogP contribution in [0.4, 0.5) is 0 Å². The third kappa shape index (κ3) is 2.62. The number of hydrogen-bond donors (Lipinski definition) is 0. The van der Waals surface area contributed by atoms with E-state index in [0.29, 0.717) is 6.10 Å². The molecule has 1 heteroatoms. The summed E-state index contributed by atoms with van der Waals surface area (Å²) in [5, 5.41) is 0. The fourth-order valence-electron chi connectivity index (χ4n) is 2.12. The van der Waals surface area contributed by atoms with Crippen LogP contribution in [-0.2, 0) is 0 Å². The maximum absolute atomic E-state index is 6.01. The van der Waals surface area contributed by atoms with Gasteiger partial charge in [-0.25, -0.2) is 0 Å². The van der Waals surface area contributed by atoms with E-state index in [2.05, 4.69) is 6.58 Å². The third-order valence-electron chi connectivity index (χ3n) is 2.98. The van der Waals surface area contributed by atoms with Gasteiger partial charge in [0.25, 0.3) is 0 Å². The van der Waals surface area contributed by atoms with Crippen molar-refractivity contribution in [1.29, 1.82) is 0 Å². The van der Waals surface area contributed by atoms with Gasteiger partial charge in [-0.3, -0.25) is 0 Å². The zero-order valence-electron chi connectivity index (χ0n) is 9.11. The van der Waals surface area contributed by atoms with Gasteiger partial charge in [0, 0.05) is 5.56 Å². The van der Waals surface area contributed by atoms with Crippen LogP contribution in [0.15, 0.2) is 30.8 Å². The normalized spacial score (nSPS) is 17.3. The summed E-state index contributed by atoms with van der Waals surface area (Å²) in [7, 11) is 0. The first kappa shape index (κ1) is 10.3. The summed E-state index contributed by atoms with van der Waals surface area (Å²) in [6.45, 7) is 3.80. The Morgan fingerprint density at radius 3 is 2.60 bits per heavy atom. The van der Waals surface area contributed by atoms with E-state index >= 15 is 0 Å². The minimum absolute atomic E-state index is 0.417. The summed E-state index contributed by atoms with van der Waals surface area (Å²) in [6, 6.07) is 8.12. The SMILES string of the molecule is C=Cc1ccccc1OC1CCCCC1. The molecule has 1 fully saturated rings. The smallest absolute Gasteiger partial charge is 0.126 e. The average Bonchev–Trinajstić information content (AvgIpc) is 2.31. The van der Waals surface area contributed by atoms with Gasteiger partial charge >= 0.3 is 0 Å². The molecule has 15 heavy (non-hydrogen) atoms. The van der Waals surface area contributed by atoms with E-state index in [4.69, 9.17) is 4.74 Å². The average molecular weight is 202 g/mol. The minimum Gasteiger partial charge on any atom is -0.490 e. The maximum Gasteiger partial charge on any atom is 0.126 e. The van der Waals surface area contributed by atoms with E-state index in [1.54, 1.807) is 0 Å². The Kier molecular flexibility index (Phi) is 3.44. The second-order valence-corrected chi connectivity index (χ2v) is 4.12. The molecule has 0 saturated heterocycles. The standard InChI is InChI=1S/C14H18O/c1-2-12-8-6-7-11-14(12)15-13-9-4-3-5-10-13/h2,6-8,11,13H,1,3-5,9-10H2. The molecule has 0 heterocycles. The topological polar surface area (TPSA) is 9.23 Å². The van der Waals surface area contributed by atoms with Crippen LogP contribution in [0.3, 0.4) is 0 Å². The van der Waals surface area contributed by atoms with Gasteiger partial charge in [-0.15, -0.1) is 0 Å². The first-order valence-corrected chi connectivity index (χ1v) is 5.78. The predicted octanol–water partition coefficient (Wildman–Crippen LogP) is 4.04. The molecule has 0 bridgehead atoms. The van der Waals surface area contributed by atoms with Gasteiger partial charge < -0.3 is 4.74 Å². The zero-order chi connectivity index (χ0) is 10.5. The lowest BCUT2D eigenvalue weighted by Gasteiger charge is -2.23. The molecule has 1 aromatic rings. The van der Waals surface area contributed by atoms with Crippen molar-refractivity contribution in [2.75, 3.05) is 0 Å². The summed E-state index contributed by atoms with van der Waals surface area (Å²) in [4.78, 5) is 0. The molecule has 0 spiro atoms. The Morgan fingerprint density at radius 1 is 1.13 bits per heavy atom. The lowest BCUT2D eigenvalue weighted by molar-refractivity contribution is 0.154. The van der Waals surface area contributed by atoms with Crippen molar-refractivity contribution in [1.82, 2.24) is 0 Å². The van der Waals surface area contributed by atoms with Crippen LogP contribution < -0.4 is 4.74 Å². The van der Waals surface area contributed by atoms with Crippen molar-refractivity contribution < 1.29 is 4.74 Å². The molecule has 0 aliphatic heterocycles. The summed E-state index contributed by atoms with van der Waals surface area (Å²) in [6.07, 6.45) is 8.65. The van der Waals surface area contributed by atoms with Crippen LogP contribution in [0, 0.1) is 0 Å². The highest BCUT2D eigenvalue weighted by molar-refractivity contribution is 5.55. The van der Waals surface area contributed by atoms with Crippen LogP contribution in [0.1, 0.15) is 37.7 Å². The van der Waals surface area contributed by atoms with Gasteiger partial charge in [0.15, 0.2) is 0 Å². The van der Waals surface area contributed by atoms with E-state index in [9.17, 15) is 0 Å². The highest BCUT2D eigenvalue weighted by Gasteiger charge is 2.15. The second-order valence-electron chi connectivity index (χ2n) is 4.12. The zero-order valence-corrected chi connectivity index (χ0v) is 9.11. The number of ether oxygens (including phenoxy) is 1. The minimum atomic E-state index is 0.417. The quantitative estimate of drug-likeness (QED) is 0.718. The summed E-state index contributed by atoms with van der Waals surface area (Å²) in [5.74, 6) is 0.986. The van der Waals surface area contributed by atoms with Crippen molar-refractivity contribution in [3.8, 4) is 5.75 Å². The number of para-hydroxylation sites is 1. The summed E-state index contributed by atoms with van der Waals surface area (Å²) >= 11 is 0. The molecule has 1 aliphatic rings. The summed E-state index contributed by atoms with van der Waals surface area (Å²) < 4.78 is 6.01. The van der Waals surface area contributed by atoms with E-state index in [0.717, 1.165) is 11.3 Å². The van der Waals surface area contributed by atoms with Gasteiger partial charge in [-0.2, -0.15) is 0 Å². The molecular formula is C14H18O. The molecule has 1 aliphatic carbocycles. The van der Waals surface area contributed by atoms with Crippen molar-refractivity contribution in [3.63, 3.8) is 0 Å². The predicted molar refractivity (Wildman–Crippen MR) is 64.0 cm³/mol. The maximum atomic E-state index is 6.01. The van der Waals surface area contributed by atoms with E-state index in [1.165, 1.54) is 32.1 Å². The fraction of sp³-hybridized carbons (Fsp3) is 0.429. The van der Waals surface area contributed by atoms with Gasteiger partial charge in [0.05, 0.1) is 6.10 Å². The molecular weight excluding hydrogens is 184 g/mol. The number of rotatable bonds is 3. The monoisotopic (exact) mass is 202 g/mol. The fourth-order valence-corrected chi connectivity index (χ4v) is 2.12. The lowest BCUT2D eigenvalue weighted by Crippen LogP contribution is -2.19. The molecule has 0 amide bonds. The Labute approximate surface area is 91.8 Å². The molecule has 0 radical (unpaired) electrons. The van der Waals surface area contributed by atoms with Gasteiger partial charge in [0.2, 0.25) is 0 Å². The molecule has 0 N–H and O–H groups in total. The first-order valence-electron chi connectivity index (χ1n) is 5.78. The molecule has 0 atom stereocenters. The highest BCUT2D eigenvalue weighted by Crippen LogP contribution is 2.26. The highest BCUT2D eigenvalue weighted by atomic mass is 16.5. The largest absolute Gasteiger partial charge is 0.490 e. The molecule has 1 saturated carbocycles. The molecule has 2 rings (SSSR count). The Balaban J connectivity index is 2.05. The van der Waals surface area contributed by atoms with Crippen LogP contribution >= 0.6 is 0 Å². The van der Waals surface area contributed by atoms with Gasteiger partial charge in [-0.05, 0) is 31.7 Å². The Bertz CT molecular complexity index is 324. The number of benzene rings is 1. The van der Waals surface area contributed by atoms with Crippen molar-refractivity contribution in [2.24, 2.45) is 0 Å². The van der Waals surface area contributed by atoms with E-state index in [1.807, 2.05) is 30.3 Å². The molecule has 0 aromatic heterocycles. The van der Waals surface area contributed by atoms with Crippen molar-refractivity contribution >= 4 is 6.08 Å². The lowest BCUT2D eigenvalue weighted by atomic mass is 9.97. The molecule has 1 nitrogen and oxygen atoms in total. The summed E-state index contributed by atoms with van der Waals surface area (Å²) in [5.41, 5.74) is 1.10. The first-order chi connectivity index (χ1) is 7.40. The van der Waals surface area contributed by atoms with Crippen LogP contribution in [0.25, 0.3) is 6.08 Å². The van der Waals surface area contributed by atoms with Crippen LogP contribution in [-0.4, -0.2) is 6.10 Å². The van der Waals surface area contributed by atoms with Crippen LogP contribution in [0.2, 0.25) is 0 Å². The van der Waals surface area contributed by atoms with Gasteiger partial charge in [0.1, 0.15) is 5.75 Å². The molecule has 1 aromatic carbocycles. The van der Waals surface area contributed by atoms with E-state index < -0.39 is 0 Å². The van der Waals surface area contributed by atoms with Crippen molar-refractivity contribution in [3.05, 3.63) is 36.4 Å².